The molecule has 0 radical (unpaired) electrons. The Bertz CT molecular complexity index is 830. The number of nitrogens with one attached hydrogen (secondary N) is 1. The molecule has 0 aliphatic rings. The van der Waals surface area contributed by atoms with Crippen molar-refractivity contribution in [3.63, 3.8) is 0 Å². The number of nitrogens with zero attached hydrogens (tertiary/aromatic N) is 2. The molecule has 0 saturated heterocycles. The molecule has 0 unspecified atom stereocenters. The number of carbonyl (C=O) groups excluding carboxylic acids is 1. The van der Waals surface area contributed by atoms with Crippen LogP contribution in [-0.4, -0.2) is 15.7 Å². The first kappa shape index (κ1) is 15.8. The molecule has 6 heteroatoms. The lowest BCUT2D eigenvalue weighted by molar-refractivity contribution is 0.0951. The maximum Gasteiger partial charge on any atom is 0.254 e. The maximum absolute atomic E-state index is 12.2. The minimum absolute atomic E-state index is 0.173. The second kappa shape index (κ2) is 6.98. The summed E-state index contributed by atoms with van der Waals surface area (Å²) in [6.45, 7) is 0.420. The van der Waals surface area contributed by atoms with Crippen LogP contribution < -0.4 is 5.32 Å². The summed E-state index contributed by atoms with van der Waals surface area (Å²) in [7, 11) is 0. The number of hydrogen-bond acceptors (Lipinski definition) is 2. The van der Waals surface area contributed by atoms with Gasteiger partial charge in [0.05, 0.1) is 17.4 Å². The van der Waals surface area contributed by atoms with Gasteiger partial charge in [-0.1, -0.05) is 39.7 Å². The van der Waals surface area contributed by atoms with Gasteiger partial charge in [-0.05, 0) is 42.0 Å². The molecule has 1 amide bonds. The first-order valence-corrected chi connectivity index (χ1v) is 8.12. The zero-order chi connectivity index (χ0) is 16.2. The molecule has 2 aromatic carbocycles. The van der Waals surface area contributed by atoms with E-state index >= 15 is 0 Å². The Kier molecular flexibility index (Phi) is 4.79. The maximum atomic E-state index is 12.2. The van der Waals surface area contributed by atoms with Crippen LogP contribution >= 0.6 is 27.5 Å². The van der Waals surface area contributed by atoms with Crippen molar-refractivity contribution < 1.29 is 4.79 Å². The number of aromatic nitrogens is 2. The number of amides is 1. The summed E-state index contributed by atoms with van der Waals surface area (Å²) >= 11 is 9.32. The quantitative estimate of drug-likeness (QED) is 0.725. The molecule has 1 heterocycles. The fraction of sp³-hybridized carbons (Fsp3) is 0.0588. The molecule has 1 aromatic heterocycles. The van der Waals surface area contributed by atoms with Gasteiger partial charge >= 0.3 is 0 Å². The Morgan fingerprint density at radius 1 is 1.22 bits per heavy atom. The Labute approximate surface area is 147 Å². The fourth-order valence-corrected chi connectivity index (χ4v) is 2.58. The minimum Gasteiger partial charge on any atom is -0.348 e. The molecular formula is C17H13BrClN3O. The summed E-state index contributed by atoms with van der Waals surface area (Å²) in [6, 6.07) is 15.1. The molecule has 23 heavy (non-hydrogen) atoms. The number of halogens is 2. The highest BCUT2D eigenvalue weighted by molar-refractivity contribution is 9.10. The largest absolute Gasteiger partial charge is 0.348 e. The predicted molar refractivity (Wildman–Crippen MR) is 93.9 cm³/mol. The predicted octanol–water partition coefficient (Wildman–Crippen LogP) is 4.22. The van der Waals surface area contributed by atoms with E-state index in [-0.39, 0.29) is 5.91 Å². The SMILES string of the molecule is O=C(NCc1cccc(Cl)c1)c1cnn(-c2ccc(Br)cc2)c1. The average molecular weight is 391 g/mol. The Hall–Kier alpha value is -2.11. The summed E-state index contributed by atoms with van der Waals surface area (Å²) in [5.41, 5.74) is 2.35. The van der Waals surface area contributed by atoms with Crippen molar-refractivity contribution >= 4 is 33.4 Å². The molecule has 0 aliphatic heterocycles. The first-order valence-electron chi connectivity index (χ1n) is 6.95. The molecule has 0 bridgehead atoms. The zero-order valence-corrected chi connectivity index (χ0v) is 14.4. The second-order valence-electron chi connectivity index (χ2n) is 4.96. The van der Waals surface area contributed by atoms with E-state index in [0.717, 1.165) is 15.7 Å². The number of rotatable bonds is 4. The van der Waals surface area contributed by atoms with E-state index in [9.17, 15) is 4.79 Å². The van der Waals surface area contributed by atoms with Gasteiger partial charge in [-0.25, -0.2) is 4.68 Å². The van der Waals surface area contributed by atoms with E-state index in [0.29, 0.717) is 17.1 Å². The smallest absolute Gasteiger partial charge is 0.254 e. The van der Waals surface area contributed by atoms with Gasteiger partial charge in [-0.3, -0.25) is 4.79 Å². The van der Waals surface area contributed by atoms with Crippen LogP contribution in [0.2, 0.25) is 5.02 Å². The van der Waals surface area contributed by atoms with E-state index in [1.807, 2.05) is 42.5 Å². The lowest BCUT2D eigenvalue weighted by Crippen LogP contribution is -2.22. The van der Waals surface area contributed by atoms with E-state index in [1.165, 1.54) is 0 Å². The number of hydrogen-bond donors (Lipinski definition) is 1. The van der Waals surface area contributed by atoms with Gasteiger partial charge in [0.25, 0.3) is 5.91 Å². The fourth-order valence-electron chi connectivity index (χ4n) is 2.11. The molecule has 0 atom stereocenters. The van der Waals surface area contributed by atoms with E-state index < -0.39 is 0 Å². The Morgan fingerprint density at radius 2 is 2.00 bits per heavy atom. The highest BCUT2D eigenvalue weighted by Crippen LogP contribution is 2.14. The summed E-state index contributed by atoms with van der Waals surface area (Å²) in [4.78, 5) is 12.2. The molecule has 0 spiro atoms. The van der Waals surface area contributed by atoms with Crippen LogP contribution in [0, 0.1) is 0 Å². The Morgan fingerprint density at radius 3 is 2.74 bits per heavy atom. The molecule has 3 rings (SSSR count). The third-order valence-corrected chi connectivity index (χ3v) is 4.04. The van der Waals surface area contributed by atoms with Crippen molar-refractivity contribution in [2.24, 2.45) is 0 Å². The average Bonchev–Trinajstić information content (AvgIpc) is 3.03. The molecule has 0 saturated carbocycles. The van der Waals surface area contributed by atoms with Gasteiger partial charge in [-0.2, -0.15) is 5.10 Å². The van der Waals surface area contributed by atoms with Crippen molar-refractivity contribution in [2.45, 2.75) is 6.54 Å². The standard InChI is InChI=1S/C17H13BrClN3O/c18-14-4-6-16(7-5-14)22-11-13(10-21-22)17(23)20-9-12-2-1-3-15(19)8-12/h1-8,10-11H,9H2,(H,20,23). The first-order chi connectivity index (χ1) is 11.1. The molecule has 116 valence electrons. The monoisotopic (exact) mass is 389 g/mol. The molecular weight excluding hydrogens is 378 g/mol. The third kappa shape index (κ3) is 4.00. The van der Waals surface area contributed by atoms with Crippen molar-refractivity contribution in [3.05, 3.63) is 81.5 Å². The van der Waals surface area contributed by atoms with E-state index in [2.05, 4.69) is 26.3 Å². The zero-order valence-electron chi connectivity index (χ0n) is 12.0. The molecule has 0 aliphatic carbocycles. The van der Waals surface area contributed by atoms with Gasteiger partial charge in [0.1, 0.15) is 0 Å². The lowest BCUT2D eigenvalue weighted by Gasteiger charge is -2.04. The van der Waals surface area contributed by atoms with Crippen LogP contribution in [0.25, 0.3) is 5.69 Å². The van der Waals surface area contributed by atoms with Crippen molar-refractivity contribution in [3.8, 4) is 5.69 Å². The lowest BCUT2D eigenvalue weighted by atomic mass is 10.2. The summed E-state index contributed by atoms with van der Waals surface area (Å²) < 4.78 is 2.66. The summed E-state index contributed by atoms with van der Waals surface area (Å²) in [6.07, 6.45) is 3.26. The highest BCUT2D eigenvalue weighted by Gasteiger charge is 2.09. The highest BCUT2D eigenvalue weighted by atomic mass is 79.9. The number of benzene rings is 2. The molecule has 1 N–H and O–H groups in total. The van der Waals surface area contributed by atoms with Crippen LogP contribution in [0.15, 0.2) is 65.4 Å². The van der Waals surface area contributed by atoms with Gasteiger partial charge in [0.15, 0.2) is 0 Å². The van der Waals surface area contributed by atoms with Gasteiger partial charge < -0.3 is 5.32 Å². The van der Waals surface area contributed by atoms with Crippen LogP contribution in [0.3, 0.4) is 0 Å². The van der Waals surface area contributed by atoms with Crippen LogP contribution in [-0.2, 0) is 6.54 Å². The van der Waals surface area contributed by atoms with Crippen LogP contribution in [0.4, 0.5) is 0 Å². The van der Waals surface area contributed by atoms with Crippen LogP contribution in [0.1, 0.15) is 15.9 Å². The number of carbonyl (C=O) groups is 1. The minimum atomic E-state index is -0.173. The van der Waals surface area contributed by atoms with Crippen molar-refractivity contribution in [2.75, 3.05) is 0 Å². The third-order valence-electron chi connectivity index (χ3n) is 3.28. The van der Waals surface area contributed by atoms with E-state index in [1.54, 1.807) is 23.1 Å². The van der Waals surface area contributed by atoms with Gasteiger partial charge in [0, 0.05) is 22.2 Å². The normalized spacial score (nSPS) is 10.5. The summed E-state index contributed by atoms with van der Waals surface area (Å²) in [5, 5.41) is 7.74. The van der Waals surface area contributed by atoms with E-state index in [4.69, 9.17) is 11.6 Å². The Balaban J connectivity index is 1.67. The van der Waals surface area contributed by atoms with Crippen LogP contribution in [0.5, 0.6) is 0 Å². The molecule has 3 aromatic rings. The van der Waals surface area contributed by atoms with Crippen molar-refractivity contribution in [1.82, 2.24) is 15.1 Å². The van der Waals surface area contributed by atoms with Gasteiger partial charge in [-0.15, -0.1) is 0 Å². The summed E-state index contributed by atoms with van der Waals surface area (Å²) in [5.74, 6) is -0.173. The second-order valence-corrected chi connectivity index (χ2v) is 6.31. The van der Waals surface area contributed by atoms with Gasteiger partial charge in [0.2, 0.25) is 0 Å². The molecule has 4 nitrogen and oxygen atoms in total. The van der Waals surface area contributed by atoms with Crippen molar-refractivity contribution in [1.29, 1.82) is 0 Å². The molecule has 0 fully saturated rings. The topological polar surface area (TPSA) is 46.9 Å².